The van der Waals surface area contributed by atoms with Crippen LogP contribution in [0.1, 0.15) is 48.4 Å². The first-order valence-electron chi connectivity index (χ1n) is 8.33. The van der Waals surface area contributed by atoms with Gasteiger partial charge in [0.05, 0.1) is 11.1 Å². The van der Waals surface area contributed by atoms with E-state index in [1.807, 2.05) is 0 Å². The standard InChI is InChI=1S/C18H23N3O5/c1-11(14(22)19-9-10-20-17(25)26-18(2,3)4)21-15(23)12-7-5-6-8-13(12)16(21)24/h5-8,11H,9-10H2,1-4H3,(H,19,22)(H,20,25). The molecule has 0 fully saturated rings. The number of rotatable bonds is 5. The number of benzene rings is 1. The SMILES string of the molecule is CC(C(=O)NCCNC(=O)OC(C)(C)C)N1C(=O)c2ccccc2C1=O. The lowest BCUT2D eigenvalue weighted by molar-refractivity contribution is -0.124. The largest absolute Gasteiger partial charge is 0.444 e. The first kappa shape index (κ1) is 19.4. The number of nitrogens with zero attached hydrogens (tertiary/aromatic N) is 1. The molecule has 0 bridgehead atoms. The number of alkyl carbamates (subject to hydrolysis) is 1. The van der Waals surface area contributed by atoms with Crippen LogP contribution in [0.5, 0.6) is 0 Å². The van der Waals surface area contributed by atoms with Crippen LogP contribution in [0.3, 0.4) is 0 Å². The molecular weight excluding hydrogens is 338 g/mol. The van der Waals surface area contributed by atoms with Crippen molar-refractivity contribution in [2.75, 3.05) is 13.1 Å². The molecule has 26 heavy (non-hydrogen) atoms. The lowest BCUT2D eigenvalue weighted by atomic mass is 10.1. The summed E-state index contributed by atoms with van der Waals surface area (Å²) in [7, 11) is 0. The van der Waals surface area contributed by atoms with Crippen LogP contribution >= 0.6 is 0 Å². The Morgan fingerprint density at radius 1 is 1.04 bits per heavy atom. The lowest BCUT2D eigenvalue weighted by Gasteiger charge is -2.22. The van der Waals surface area contributed by atoms with Crippen molar-refractivity contribution in [3.05, 3.63) is 35.4 Å². The second-order valence-electron chi connectivity index (χ2n) is 6.92. The zero-order chi connectivity index (χ0) is 19.5. The van der Waals surface area contributed by atoms with Gasteiger partial charge >= 0.3 is 6.09 Å². The average Bonchev–Trinajstić information content (AvgIpc) is 2.81. The summed E-state index contributed by atoms with van der Waals surface area (Å²) >= 11 is 0. The van der Waals surface area contributed by atoms with E-state index >= 15 is 0 Å². The van der Waals surface area contributed by atoms with Crippen LogP contribution in [0.4, 0.5) is 4.79 Å². The van der Waals surface area contributed by atoms with E-state index in [2.05, 4.69) is 10.6 Å². The van der Waals surface area contributed by atoms with Crippen LogP contribution in [-0.4, -0.2) is 53.4 Å². The van der Waals surface area contributed by atoms with Gasteiger partial charge in [0.15, 0.2) is 0 Å². The van der Waals surface area contributed by atoms with Gasteiger partial charge in [-0.2, -0.15) is 0 Å². The Balaban J connectivity index is 1.84. The van der Waals surface area contributed by atoms with E-state index in [0.29, 0.717) is 11.1 Å². The fourth-order valence-corrected chi connectivity index (χ4v) is 2.49. The number of amides is 4. The van der Waals surface area contributed by atoms with E-state index in [9.17, 15) is 19.2 Å². The maximum atomic E-state index is 12.4. The van der Waals surface area contributed by atoms with Gasteiger partial charge in [-0.25, -0.2) is 4.79 Å². The van der Waals surface area contributed by atoms with E-state index < -0.39 is 35.5 Å². The minimum Gasteiger partial charge on any atom is -0.444 e. The van der Waals surface area contributed by atoms with Crippen molar-refractivity contribution in [1.29, 1.82) is 0 Å². The van der Waals surface area contributed by atoms with Crippen LogP contribution < -0.4 is 10.6 Å². The maximum Gasteiger partial charge on any atom is 0.407 e. The molecule has 0 radical (unpaired) electrons. The monoisotopic (exact) mass is 361 g/mol. The van der Waals surface area contributed by atoms with Crippen LogP contribution in [0, 0.1) is 0 Å². The molecule has 0 spiro atoms. The third-order valence-electron chi connectivity index (χ3n) is 3.68. The molecule has 8 nitrogen and oxygen atoms in total. The van der Waals surface area contributed by atoms with Gasteiger partial charge in [0.2, 0.25) is 5.91 Å². The average molecular weight is 361 g/mol. The molecule has 8 heteroatoms. The highest BCUT2D eigenvalue weighted by molar-refractivity contribution is 6.22. The molecule has 0 aliphatic carbocycles. The number of imide groups is 1. The quantitative estimate of drug-likeness (QED) is 0.608. The fraction of sp³-hybridized carbons (Fsp3) is 0.444. The van der Waals surface area contributed by atoms with E-state index in [4.69, 9.17) is 4.74 Å². The predicted octanol–water partition coefficient (Wildman–Crippen LogP) is 1.31. The Labute approximate surface area is 151 Å². The summed E-state index contributed by atoms with van der Waals surface area (Å²) in [6.45, 7) is 7.04. The Bertz CT molecular complexity index is 704. The summed E-state index contributed by atoms with van der Waals surface area (Å²) in [4.78, 5) is 49.4. The lowest BCUT2D eigenvalue weighted by Crippen LogP contribution is -2.49. The Hall–Kier alpha value is -2.90. The van der Waals surface area contributed by atoms with E-state index in [1.165, 1.54) is 6.92 Å². The molecule has 0 saturated heterocycles. The Morgan fingerprint density at radius 2 is 1.54 bits per heavy atom. The van der Waals surface area contributed by atoms with Gasteiger partial charge in [0.1, 0.15) is 11.6 Å². The van der Waals surface area contributed by atoms with Gasteiger partial charge in [-0.3, -0.25) is 19.3 Å². The molecule has 0 aromatic heterocycles. The number of carbonyl (C=O) groups excluding carboxylic acids is 4. The zero-order valence-electron chi connectivity index (χ0n) is 15.3. The number of carbonyl (C=O) groups is 4. The highest BCUT2D eigenvalue weighted by Crippen LogP contribution is 2.24. The summed E-state index contributed by atoms with van der Waals surface area (Å²) in [6, 6.07) is 5.50. The van der Waals surface area contributed by atoms with Crippen LogP contribution in [0.25, 0.3) is 0 Å². The summed E-state index contributed by atoms with van der Waals surface area (Å²) in [5.41, 5.74) is -0.0136. The molecule has 1 unspecified atom stereocenters. The molecule has 1 aromatic rings. The highest BCUT2D eigenvalue weighted by atomic mass is 16.6. The van der Waals surface area contributed by atoms with Crippen LogP contribution in [0.15, 0.2) is 24.3 Å². The van der Waals surface area contributed by atoms with E-state index in [0.717, 1.165) is 4.90 Å². The fourth-order valence-electron chi connectivity index (χ4n) is 2.49. The van der Waals surface area contributed by atoms with Gasteiger partial charge in [-0.05, 0) is 39.8 Å². The Morgan fingerprint density at radius 3 is 2.04 bits per heavy atom. The molecule has 1 aliphatic rings. The smallest absolute Gasteiger partial charge is 0.407 e. The number of nitrogens with one attached hydrogen (secondary N) is 2. The van der Waals surface area contributed by atoms with Crippen molar-refractivity contribution in [2.45, 2.75) is 39.3 Å². The molecule has 1 aromatic carbocycles. The number of hydrogen-bond donors (Lipinski definition) is 2. The first-order valence-corrected chi connectivity index (χ1v) is 8.33. The Kier molecular flexibility index (Phi) is 5.64. The molecule has 1 heterocycles. The van der Waals surface area contributed by atoms with Gasteiger partial charge < -0.3 is 15.4 Å². The van der Waals surface area contributed by atoms with Crippen LogP contribution in [0.2, 0.25) is 0 Å². The van der Waals surface area contributed by atoms with Gasteiger partial charge in [0.25, 0.3) is 11.8 Å². The maximum absolute atomic E-state index is 12.4. The van der Waals surface area contributed by atoms with E-state index in [1.54, 1.807) is 45.0 Å². The molecule has 140 valence electrons. The van der Waals surface area contributed by atoms with Crippen LogP contribution in [-0.2, 0) is 9.53 Å². The minimum atomic E-state index is -0.955. The minimum absolute atomic E-state index is 0.144. The molecule has 4 amide bonds. The topological polar surface area (TPSA) is 105 Å². The second kappa shape index (κ2) is 7.55. The third-order valence-corrected chi connectivity index (χ3v) is 3.68. The van der Waals surface area contributed by atoms with Crippen molar-refractivity contribution in [2.24, 2.45) is 0 Å². The first-order chi connectivity index (χ1) is 12.1. The van der Waals surface area contributed by atoms with Crippen molar-refractivity contribution in [1.82, 2.24) is 15.5 Å². The number of hydrogen-bond acceptors (Lipinski definition) is 5. The summed E-state index contributed by atoms with van der Waals surface area (Å²) in [6.07, 6.45) is -0.583. The van der Waals surface area contributed by atoms with Crippen molar-refractivity contribution in [3.8, 4) is 0 Å². The highest BCUT2D eigenvalue weighted by Gasteiger charge is 2.40. The van der Waals surface area contributed by atoms with Crippen molar-refractivity contribution >= 4 is 23.8 Å². The molecular formula is C18H23N3O5. The van der Waals surface area contributed by atoms with Gasteiger partial charge in [-0.15, -0.1) is 0 Å². The molecule has 0 saturated carbocycles. The summed E-state index contributed by atoms with van der Waals surface area (Å²) in [5.74, 6) is -1.45. The zero-order valence-corrected chi connectivity index (χ0v) is 15.3. The molecule has 2 rings (SSSR count). The molecule has 1 aliphatic heterocycles. The number of fused-ring (bicyclic) bond motifs is 1. The summed E-state index contributed by atoms with van der Waals surface area (Å²) in [5, 5.41) is 5.10. The van der Waals surface area contributed by atoms with Gasteiger partial charge in [0, 0.05) is 13.1 Å². The normalized spacial score (nSPS) is 14.7. The van der Waals surface area contributed by atoms with Gasteiger partial charge in [-0.1, -0.05) is 12.1 Å². The summed E-state index contributed by atoms with van der Waals surface area (Å²) < 4.78 is 5.08. The predicted molar refractivity (Wildman–Crippen MR) is 93.7 cm³/mol. The molecule has 1 atom stereocenters. The van der Waals surface area contributed by atoms with Crippen molar-refractivity contribution in [3.63, 3.8) is 0 Å². The molecule has 2 N–H and O–H groups in total. The van der Waals surface area contributed by atoms with Crippen molar-refractivity contribution < 1.29 is 23.9 Å². The number of ether oxygens (including phenoxy) is 1. The second-order valence-corrected chi connectivity index (χ2v) is 6.92. The van der Waals surface area contributed by atoms with E-state index in [-0.39, 0.29) is 13.1 Å². The third kappa shape index (κ3) is 4.38.